The predicted octanol–water partition coefficient (Wildman–Crippen LogP) is 3.83. The molecule has 0 bridgehead atoms. The molecule has 2 atom stereocenters. The molecule has 0 aliphatic carbocycles. The zero-order valence-electron chi connectivity index (χ0n) is 13.1. The fourth-order valence-electron chi connectivity index (χ4n) is 2.89. The number of thiophene rings is 1. The summed E-state index contributed by atoms with van der Waals surface area (Å²) in [4.78, 5) is 17.8. The molecule has 3 heterocycles. The number of hydrogen-bond acceptors (Lipinski definition) is 5. The summed E-state index contributed by atoms with van der Waals surface area (Å²) < 4.78 is 44.7. The van der Waals surface area contributed by atoms with Crippen LogP contribution in [0.4, 0.5) is 13.2 Å². The molecular weight excluding hydrogens is 381 g/mol. The van der Waals surface area contributed by atoms with E-state index in [1.165, 1.54) is 16.2 Å². The van der Waals surface area contributed by atoms with E-state index in [0.717, 1.165) is 4.88 Å². The van der Waals surface area contributed by atoms with Crippen LogP contribution in [0.1, 0.15) is 11.5 Å². The van der Waals surface area contributed by atoms with Crippen LogP contribution in [0.15, 0.2) is 21.9 Å². The summed E-state index contributed by atoms with van der Waals surface area (Å²) in [7, 11) is 0. The summed E-state index contributed by atoms with van der Waals surface area (Å²) in [6, 6.07) is 3.70. The van der Waals surface area contributed by atoms with E-state index in [0.29, 0.717) is 17.3 Å². The number of likely N-dealkylation sites (tertiary alicyclic amines) is 1. The van der Waals surface area contributed by atoms with Gasteiger partial charge in [-0.1, -0.05) is 6.07 Å². The summed E-state index contributed by atoms with van der Waals surface area (Å²) in [6.07, 6.45) is -4.53. The first-order valence-electron chi connectivity index (χ1n) is 7.27. The molecule has 5 nitrogen and oxygen atoms in total. The van der Waals surface area contributed by atoms with Gasteiger partial charge in [0.05, 0.1) is 22.4 Å². The summed E-state index contributed by atoms with van der Waals surface area (Å²) >= 11 is 1.45. The Morgan fingerprint density at radius 3 is 2.72 bits per heavy atom. The number of carbonyl (C=O) groups is 1. The Morgan fingerprint density at radius 1 is 1.48 bits per heavy atom. The van der Waals surface area contributed by atoms with Crippen molar-refractivity contribution in [2.45, 2.75) is 19.6 Å². The zero-order chi connectivity index (χ0) is 17.5. The Hall–Kier alpha value is -1.58. The number of rotatable bonds is 4. The second-order valence-electron chi connectivity index (χ2n) is 5.79. The SMILES string of the molecule is Cc1oc(-c2cccs2)nc1CN1C[C@@H](C(F)(F)F)[C@H](C(=O)O)C1.Cl. The summed E-state index contributed by atoms with van der Waals surface area (Å²) in [6.45, 7) is 1.34. The molecule has 0 aromatic carbocycles. The number of nitrogens with zero attached hydrogens (tertiary/aromatic N) is 2. The number of carboxylic acid groups (broad SMARTS) is 1. The average Bonchev–Trinajstić information content (AvgIpc) is 3.18. The minimum atomic E-state index is -4.53. The highest BCUT2D eigenvalue weighted by atomic mass is 35.5. The van der Waals surface area contributed by atoms with Crippen molar-refractivity contribution in [3.05, 3.63) is 29.0 Å². The minimum absolute atomic E-state index is 0. The maximum atomic E-state index is 13.0. The number of aliphatic carboxylic acids is 1. The molecule has 1 aliphatic rings. The van der Waals surface area contributed by atoms with Crippen LogP contribution in [0, 0.1) is 18.8 Å². The molecule has 138 valence electrons. The largest absolute Gasteiger partial charge is 0.481 e. The highest BCUT2D eigenvalue weighted by Gasteiger charge is 2.52. The first-order chi connectivity index (χ1) is 11.3. The number of alkyl halides is 3. The van der Waals surface area contributed by atoms with Crippen LogP contribution in [0.25, 0.3) is 10.8 Å². The Balaban J connectivity index is 0.00000225. The monoisotopic (exact) mass is 396 g/mol. The fraction of sp³-hybridized carbons (Fsp3) is 0.467. The van der Waals surface area contributed by atoms with Crippen molar-refractivity contribution in [1.29, 1.82) is 0 Å². The van der Waals surface area contributed by atoms with Gasteiger partial charge >= 0.3 is 12.1 Å². The van der Waals surface area contributed by atoms with E-state index in [2.05, 4.69) is 4.98 Å². The third-order valence-corrected chi connectivity index (χ3v) is 4.99. The molecule has 10 heteroatoms. The van der Waals surface area contributed by atoms with E-state index in [1.807, 2.05) is 17.5 Å². The van der Waals surface area contributed by atoms with Crippen molar-refractivity contribution < 1.29 is 27.5 Å². The topological polar surface area (TPSA) is 66.6 Å². The van der Waals surface area contributed by atoms with E-state index >= 15 is 0 Å². The third kappa shape index (κ3) is 4.16. The highest BCUT2D eigenvalue weighted by molar-refractivity contribution is 7.13. The number of carboxylic acids is 1. The van der Waals surface area contributed by atoms with Crippen molar-refractivity contribution in [3.63, 3.8) is 0 Å². The second kappa shape index (κ2) is 7.35. The van der Waals surface area contributed by atoms with Gasteiger partial charge in [-0.25, -0.2) is 4.98 Å². The molecule has 2 aromatic rings. The number of oxazole rings is 1. The smallest absolute Gasteiger partial charge is 0.393 e. The van der Waals surface area contributed by atoms with Crippen LogP contribution in [0.3, 0.4) is 0 Å². The zero-order valence-corrected chi connectivity index (χ0v) is 14.7. The van der Waals surface area contributed by atoms with Gasteiger partial charge in [0, 0.05) is 19.6 Å². The predicted molar refractivity (Wildman–Crippen MR) is 87.7 cm³/mol. The van der Waals surface area contributed by atoms with Crippen molar-refractivity contribution in [1.82, 2.24) is 9.88 Å². The van der Waals surface area contributed by atoms with Gasteiger partial charge in [0.1, 0.15) is 5.76 Å². The van der Waals surface area contributed by atoms with Gasteiger partial charge in [-0.3, -0.25) is 9.69 Å². The number of aromatic nitrogens is 1. The maximum absolute atomic E-state index is 13.0. The summed E-state index contributed by atoms with van der Waals surface area (Å²) in [5, 5.41) is 10.9. The summed E-state index contributed by atoms with van der Waals surface area (Å²) in [5.41, 5.74) is 0.533. The average molecular weight is 397 g/mol. The van der Waals surface area contributed by atoms with Crippen LogP contribution in [-0.2, 0) is 11.3 Å². The van der Waals surface area contributed by atoms with Gasteiger partial charge in [0.2, 0.25) is 5.89 Å². The van der Waals surface area contributed by atoms with Crippen LogP contribution in [-0.4, -0.2) is 40.2 Å². The van der Waals surface area contributed by atoms with Crippen molar-refractivity contribution in [3.8, 4) is 10.8 Å². The fourth-order valence-corrected chi connectivity index (χ4v) is 3.54. The van der Waals surface area contributed by atoms with E-state index in [9.17, 15) is 18.0 Å². The molecule has 0 spiro atoms. The molecule has 2 aromatic heterocycles. The van der Waals surface area contributed by atoms with E-state index in [1.54, 1.807) is 6.92 Å². The lowest BCUT2D eigenvalue weighted by Gasteiger charge is -2.18. The molecule has 1 saturated heterocycles. The molecule has 1 N–H and O–H groups in total. The minimum Gasteiger partial charge on any atom is -0.481 e. The van der Waals surface area contributed by atoms with E-state index in [-0.39, 0.29) is 32.0 Å². The first kappa shape index (κ1) is 19.7. The van der Waals surface area contributed by atoms with Gasteiger partial charge in [-0.15, -0.1) is 23.7 Å². The molecular formula is C15H16ClF3N2O3S. The molecule has 0 unspecified atom stereocenters. The lowest BCUT2D eigenvalue weighted by atomic mass is 9.96. The Morgan fingerprint density at radius 2 is 2.20 bits per heavy atom. The van der Waals surface area contributed by atoms with Gasteiger partial charge in [-0.05, 0) is 18.4 Å². The van der Waals surface area contributed by atoms with Crippen LogP contribution in [0.5, 0.6) is 0 Å². The van der Waals surface area contributed by atoms with Crippen molar-refractivity contribution >= 4 is 29.7 Å². The Kier molecular flexibility index (Phi) is 5.80. The van der Waals surface area contributed by atoms with Crippen molar-refractivity contribution in [2.75, 3.05) is 13.1 Å². The number of aryl methyl sites for hydroxylation is 1. The van der Waals surface area contributed by atoms with E-state index < -0.39 is 24.0 Å². The van der Waals surface area contributed by atoms with Gasteiger partial charge in [-0.2, -0.15) is 13.2 Å². The standard InChI is InChI=1S/C15H15F3N2O3S.ClH/c1-8-11(19-13(23-8)12-3-2-4-24-12)7-20-5-9(14(21)22)10(6-20)15(16,17)18;/h2-4,9-10H,5-7H2,1H3,(H,21,22);1H/t9-,10-;/m1./s1. The molecule has 0 amide bonds. The number of hydrogen-bond donors (Lipinski definition) is 1. The highest BCUT2D eigenvalue weighted by Crippen LogP contribution is 2.38. The molecule has 0 radical (unpaired) electrons. The molecule has 3 rings (SSSR count). The van der Waals surface area contributed by atoms with Crippen LogP contribution in [0.2, 0.25) is 0 Å². The third-order valence-electron chi connectivity index (χ3n) is 4.13. The molecule has 1 fully saturated rings. The first-order valence-corrected chi connectivity index (χ1v) is 8.15. The van der Waals surface area contributed by atoms with Crippen molar-refractivity contribution in [2.24, 2.45) is 11.8 Å². The molecule has 0 saturated carbocycles. The van der Waals surface area contributed by atoms with Gasteiger partial charge < -0.3 is 9.52 Å². The quantitative estimate of drug-likeness (QED) is 0.850. The maximum Gasteiger partial charge on any atom is 0.393 e. The van der Waals surface area contributed by atoms with E-state index in [4.69, 9.17) is 9.52 Å². The Bertz CT molecular complexity index is 733. The second-order valence-corrected chi connectivity index (χ2v) is 6.73. The van der Waals surface area contributed by atoms with Gasteiger partial charge in [0.25, 0.3) is 0 Å². The van der Waals surface area contributed by atoms with Crippen LogP contribution < -0.4 is 0 Å². The van der Waals surface area contributed by atoms with Crippen LogP contribution >= 0.6 is 23.7 Å². The molecule has 1 aliphatic heterocycles. The Labute approximate surface area is 151 Å². The lowest BCUT2D eigenvalue weighted by molar-refractivity contribution is -0.188. The summed E-state index contributed by atoms with van der Waals surface area (Å²) in [5.74, 6) is -3.77. The normalized spacial score (nSPS) is 21.3. The number of halogens is 4. The molecule has 25 heavy (non-hydrogen) atoms. The van der Waals surface area contributed by atoms with Gasteiger partial charge in [0.15, 0.2) is 0 Å². The lowest BCUT2D eigenvalue weighted by Crippen LogP contribution is -2.33.